The molecule has 1 aliphatic carbocycles. The molecule has 0 amide bonds. The molecule has 0 atom stereocenters. The van der Waals surface area contributed by atoms with Gasteiger partial charge in [0, 0.05) is 50.2 Å². The van der Waals surface area contributed by atoms with E-state index in [0.717, 1.165) is 68.6 Å². The summed E-state index contributed by atoms with van der Waals surface area (Å²) >= 11 is 0. The largest absolute Gasteiger partial charge is 0.455 e. The van der Waals surface area contributed by atoms with Crippen molar-refractivity contribution in [3.05, 3.63) is 114 Å². The van der Waals surface area contributed by atoms with Crippen LogP contribution in [0.3, 0.4) is 0 Å². The average molecular weight is 437 g/mol. The van der Waals surface area contributed by atoms with Crippen LogP contribution in [0.1, 0.15) is 17.5 Å². The van der Waals surface area contributed by atoms with E-state index in [1.807, 2.05) is 30.3 Å². The Hall–Kier alpha value is -4.48. The third kappa shape index (κ3) is 2.84. The summed E-state index contributed by atoms with van der Waals surface area (Å²) in [6.45, 7) is 0. The number of fused-ring (bicyclic) bond motifs is 4. The molecule has 0 saturated carbocycles. The first kappa shape index (κ1) is 19.0. The zero-order valence-electron chi connectivity index (χ0n) is 18.5. The number of rotatable bonds is 3. The van der Waals surface area contributed by atoms with Gasteiger partial charge in [-0.2, -0.15) is 0 Å². The highest BCUT2D eigenvalue weighted by atomic mass is 16.3. The zero-order chi connectivity index (χ0) is 22.5. The van der Waals surface area contributed by atoms with Gasteiger partial charge < -0.3 is 8.83 Å². The summed E-state index contributed by atoms with van der Waals surface area (Å²) in [6.07, 6.45) is 6.42. The third-order valence-electron chi connectivity index (χ3n) is 6.64. The summed E-state index contributed by atoms with van der Waals surface area (Å²) in [5.74, 6) is 1.87. The lowest BCUT2D eigenvalue weighted by molar-refractivity contribution is 0.594. The average Bonchev–Trinajstić information content (AvgIpc) is 3.48. The van der Waals surface area contributed by atoms with Gasteiger partial charge >= 0.3 is 0 Å². The maximum absolute atomic E-state index is 6.68. The van der Waals surface area contributed by atoms with Gasteiger partial charge in [0.25, 0.3) is 0 Å². The molecule has 0 fully saturated rings. The van der Waals surface area contributed by atoms with Gasteiger partial charge in [-0.05, 0) is 18.9 Å². The summed E-state index contributed by atoms with van der Waals surface area (Å²) in [4.78, 5) is 0. The lowest BCUT2D eigenvalue weighted by Crippen LogP contribution is -1.94. The molecule has 0 bridgehead atoms. The van der Waals surface area contributed by atoms with Crippen LogP contribution in [0.5, 0.6) is 0 Å². The van der Waals surface area contributed by atoms with E-state index in [2.05, 4.69) is 78.9 Å². The van der Waals surface area contributed by atoms with Crippen LogP contribution in [0.4, 0.5) is 0 Å². The molecule has 2 heteroatoms. The molecule has 1 aliphatic rings. The number of para-hydroxylation sites is 1. The molecule has 2 heterocycles. The summed E-state index contributed by atoms with van der Waals surface area (Å²) in [5.41, 5.74) is 8.36. The van der Waals surface area contributed by atoms with Gasteiger partial charge in [-0.3, -0.25) is 0 Å². The highest BCUT2D eigenvalue weighted by molar-refractivity contribution is 6.13. The van der Waals surface area contributed by atoms with Crippen molar-refractivity contribution in [2.45, 2.75) is 12.8 Å². The molecule has 0 aliphatic heterocycles. The smallest absolute Gasteiger partial charge is 0.145 e. The van der Waals surface area contributed by atoms with E-state index in [4.69, 9.17) is 8.83 Å². The van der Waals surface area contributed by atoms with E-state index in [1.54, 1.807) is 0 Å². The monoisotopic (exact) mass is 436 g/mol. The summed E-state index contributed by atoms with van der Waals surface area (Å²) in [6, 6.07) is 35.4. The van der Waals surface area contributed by atoms with Gasteiger partial charge in [-0.25, -0.2) is 0 Å². The second kappa shape index (κ2) is 7.54. The number of hydrogen-bond donors (Lipinski definition) is 0. The number of furan rings is 2. The van der Waals surface area contributed by atoms with Crippen molar-refractivity contribution in [1.82, 2.24) is 0 Å². The Kier molecular flexibility index (Phi) is 4.22. The van der Waals surface area contributed by atoms with Crippen molar-refractivity contribution in [2.24, 2.45) is 0 Å². The summed E-state index contributed by atoms with van der Waals surface area (Å²) < 4.78 is 12.8. The Labute approximate surface area is 197 Å². The minimum atomic E-state index is 0.819. The number of benzene rings is 3. The molecule has 6 aromatic rings. The number of allylic oxidation sites excluding steroid dienone is 1. The van der Waals surface area contributed by atoms with Crippen LogP contribution >= 0.6 is 0 Å². The van der Waals surface area contributed by atoms with Gasteiger partial charge in [0.05, 0.1) is 0 Å². The van der Waals surface area contributed by atoms with Gasteiger partial charge in [0.15, 0.2) is 0 Å². The molecule has 4 aromatic carbocycles. The Morgan fingerprint density at radius 2 is 1.50 bits per heavy atom. The molecule has 2 aromatic heterocycles. The Bertz CT molecular complexity index is 1700. The molecule has 0 N–H and O–H groups in total. The Morgan fingerprint density at radius 3 is 2.41 bits per heavy atom. The fraction of sp³-hybridized carbons (Fsp3) is 0.0625. The first-order chi connectivity index (χ1) is 16.9. The van der Waals surface area contributed by atoms with E-state index in [1.165, 1.54) is 11.1 Å². The highest BCUT2D eigenvalue weighted by Gasteiger charge is 2.25. The molecule has 160 valence electrons. The standard InChI is InChI=1S/C32H20O2/c1-2-11-21(12-3-1)31-25-15-6-7-16-26(25)32(34-31)24-14-5-4-13-22(24)23-18-10-20-29-30(23)27-17-8-9-19-28(27)33-29/h1-6,8-9,11-15,17,19-20H,7,16H2. The molecule has 0 radical (unpaired) electrons. The molecule has 7 rings (SSSR count). The van der Waals surface area contributed by atoms with Crippen molar-refractivity contribution in [1.29, 1.82) is 0 Å². The van der Waals surface area contributed by atoms with Crippen LogP contribution in [0.2, 0.25) is 0 Å². The number of hydrogen-bond acceptors (Lipinski definition) is 2. The van der Waals surface area contributed by atoms with E-state index in [-0.39, 0.29) is 0 Å². The minimum absolute atomic E-state index is 0.819. The molecule has 0 unspecified atom stereocenters. The van der Waals surface area contributed by atoms with Crippen LogP contribution in [0.15, 0.2) is 99.8 Å². The first-order valence-electron chi connectivity index (χ1n) is 11.6. The second-order valence-corrected chi connectivity index (χ2v) is 8.63. The zero-order valence-corrected chi connectivity index (χ0v) is 18.5. The van der Waals surface area contributed by atoms with Gasteiger partial charge in [-0.15, -0.1) is 0 Å². The lowest BCUT2D eigenvalue weighted by atomic mass is 9.90. The predicted molar refractivity (Wildman–Crippen MR) is 137 cm³/mol. The Balaban J connectivity index is 1.51. The molecular weight excluding hydrogens is 416 g/mol. The van der Waals surface area contributed by atoms with Crippen LogP contribution in [-0.4, -0.2) is 0 Å². The maximum atomic E-state index is 6.68. The van der Waals surface area contributed by atoms with Crippen molar-refractivity contribution in [2.75, 3.05) is 0 Å². The molecule has 0 saturated heterocycles. The van der Waals surface area contributed by atoms with Crippen molar-refractivity contribution >= 4 is 28.0 Å². The van der Waals surface area contributed by atoms with Gasteiger partial charge in [0.2, 0.25) is 0 Å². The first-order valence-corrected chi connectivity index (χ1v) is 11.6. The van der Waals surface area contributed by atoms with Crippen molar-refractivity contribution in [3.63, 3.8) is 0 Å². The van der Waals surface area contributed by atoms with Crippen LogP contribution in [0, 0.1) is 12.1 Å². The van der Waals surface area contributed by atoms with E-state index < -0.39 is 0 Å². The SMILES string of the molecule is c1cc2oc3ccccc3c2c(-c2ccccc2-c2oc(-c3ccccc3)c3c2CCC=C3)c#1. The van der Waals surface area contributed by atoms with Crippen molar-refractivity contribution in [3.8, 4) is 33.8 Å². The van der Waals surface area contributed by atoms with Crippen LogP contribution < -0.4 is 0 Å². The molecule has 0 spiro atoms. The normalized spacial score (nSPS) is 12.7. The fourth-order valence-electron chi connectivity index (χ4n) is 5.11. The van der Waals surface area contributed by atoms with E-state index >= 15 is 0 Å². The second-order valence-electron chi connectivity index (χ2n) is 8.63. The molecular formula is C32H20O2. The quantitative estimate of drug-likeness (QED) is 0.277. The minimum Gasteiger partial charge on any atom is -0.455 e. The Morgan fingerprint density at radius 1 is 0.706 bits per heavy atom. The summed E-state index contributed by atoms with van der Waals surface area (Å²) in [7, 11) is 0. The maximum Gasteiger partial charge on any atom is 0.145 e. The lowest BCUT2D eigenvalue weighted by Gasteiger charge is -2.11. The molecule has 34 heavy (non-hydrogen) atoms. The van der Waals surface area contributed by atoms with E-state index in [0.29, 0.717) is 0 Å². The fourth-order valence-corrected chi connectivity index (χ4v) is 5.11. The van der Waals surface area contributed by atoms with Crippen molar-refractivity contribution < 1.29 is 8.83 Å². The van der Waals surface area contributed by atoms with Crippen LogP contribution in [-0.2, 0) is 6.42 Å². The predicted octanol–water partition coefficient (Wildman–Crippen LogP) is 8.74. The third-order valence-corrected chi connectivity index (χ3v) is 6.64. The molecule has 2 nitrogen and oxygen atoms in total. The van der Waals surface area contributed by atoms with Crippen LogP contribution in [0.25, 0.3) is 61.8 Å². The van der Waals surface area contributed by atoms with E-state index in [9.17, 15) is 0 Å². The van der Waals surface area contributed by atoms with Gasteiger partial charge in [0.1, 0.15) is 22.7 Å². The summed E-state index contributed by atoms with van der Waals surface area (Å²) in [5, 5.41) is 2.15. The highest BCUT2D eigenvalue weighted by Crippen LogP contribution is 2.45. The van der Waals surface area contributed by atoms with Gasteiger partial charge in [-0.1, -0.05) is 97.1 Å². The topological polar surface area (TPSA) is 26.3 Å².